The van der Waals surface area contributed by atoms with Crippen molar-refractivity contribution in [3.05, 3.63) is 52.5 Å². The number of carbonyl (C=O) groups is 1. The van der Waals surface area contributed by atoms with Gasteiger partial charge in [0.25, 0.3) is 5.97 Å². The first-order valence-corrected chi connectivity index (χ1v) is 10.6. The van der Waals surface area contributed by atoms with Gasteiger partial charge in [-0.1, -0.05) is 29.8 Å². The predicted molar refractivity (Wildman–Crippen MR) is 113 cm³/mol. The predicted octanol–water partition coefficient (Wildman–Crippen LogP) is 4.94. The molecular formula is C20H23ClF3N3O2S. The number of nitrogens with one attached hydrogen (secondary N) is 1. The maximum atomic E-state index is 13.4. The van der Waals surface area contributed by atoms with Gasteiger partial charge in [0, 0.05) is 43.4 Å². The summed E-state index contributed by atoms with van der Waals surface area (Å²) in [6, 6.07) is 9.92. The molecule has 5 nitrogen and oxygen atoms in total. The van der Waals surface area contributed by atoms with Gasteiger partial charge in [-0.2, -0.15) is 13.2 Å². The Morgan fingerprint density at radius 1 is 1.33 bits per heavy atom. The van der Waals surface area contributed by atoms with E-state index in [1.165, 1.54) is 6.07 Å². The molecule has 1 fully saturated rings. The molecule has 0 saturated carbocycles. The number of thioether (sulfide) groups is 1. The van der Waals surface area contributed by atoms with E-state index < -0.39 is 17.7 Å². The van der Waals surface area contributed by atoms with E-state index in [0.717, 1.165) is 43.4 Å². The second-order valence-corrected chi connectivity index (χ2v) is 8.04. The van der Waals surface area contributed by atoms with Gasteiger partial charge in [-0.05, 0) is 30.7 Å². The van der Waals surface area contributed by atoms with Crippen molar-refractivity contribution in [2.24, 2.45) is 0 Å². The normalized spacial score (nSPS) is 16.6. The number of hydrogen-bond acceptors (Lipinski definition) is 5. The Labute approximate surface area is 182 Å². The molecule has 1 atom stereocenters. The Kier molecular flexibility index (Phi) is 8.81. The number of carboxylic acid groups (broad SMARTS) is 1. The average molecular weight is 462 g/mol. The highest BCUT2D eigenvalue weighted by atomic mass is 35.5. The molecule has 1 aliphatic rings. The highest BCUT2D eigenvalue weighted by Crippen LogP contribution is 2.38. The topological polar surface area (TPSA) is 65.5 Å². The summed E-state index contributed by atoms with van der Waals surface area (Å²) in [5.74, 6) is 0.0738. The van der Waals surface area contributed by atoms with Crippen LogP contribution < -0.4 is 10.2 Å². The van der Waals surface area contributed by atoms with Crippen LogP contribution in [0.1, 0.15) is 25.0 Å². The molecule has 0 radical (unpaired) electrons. The monoisotopic (exact) mass is 461 g/mol. The molecule has 2 N–H and O–H groups in total. The van der Waals surface area contributed by atoms with Crippen LogP contribution in [0.25, 0.3) is 0 Å². The van der Waals surface area contributed by atoms with Crippen LogP contribution in [-0.2, 0) is 16.7 Å². The van der Waals surface area contributed by atoms with Crippen LogP contribution in [0.3, 0.4) is 0 Å². The number of rotatable bonds is 4. The van der Waals surface area contributed by atoms with Crippen LogP contribution in [-0.4, -0.2) is 41.7 Å². The molecule has 0 spiro atoms. The number of carboxylic acids is 1. The lowest BCUT2D eigenvalue weighted by atomic mass is 10.2. The summed E-state index contributed by atoms with van der Waals surface area (Å²) in [5, 5.41) is 11.2. The Morgan fingerprint density at radius 3 is 2.60 bits per heavy atom. The first-order chi connectivity index (χ1) is 14.1. The summed E-state index contributed by atoms with van der Waals surface area (Å²) in [6.07, 6.45) is -4.44. The summed E-state index contributed by atoms with van der Waals surface area (Å²) in [4.78, 5) is 15.4. The first kappa shape index (κ1) is 24.3. The smallest absolute Gasteiger partial charge is 0.419 e. The van der Waals surface area contributed by atoms with Crippen molar-refractivity contribution in [1.82, 2.24) is 10.3 Å². The van der Waals surface area contributed by atoms with Gasteiger partial charge < -0.3 is 15.3 Å². The number of hydrogen-bond donors (Lipinski definition) is 2. The Bertz CT molecular complexity index is 863. The van der Waals surface area contributed by atoms with Crippen LogP contribution in [0, 0.1) is 0 Å². The number of benzene rings is 1. The van der Waals surface area contributed by atoms with Crippen molar-refractivity contribution in [2.45, 2.75) is 36.8 Å². The molecule has 10 heteroatoms. The zero-order valence-corrected chi connectivity index (χ0v) is 18.1. The quantitative estimate of drug-likeness (QED) is 0.629. The number of nitrogens with zero attached hydrogens (tertiary/aromatic N) is 2. The van der Waals surface area contributed by atoms with Crippen LogP contribution in [0.2, 0.25) is 5.02 Å². The van der Waals surface area contributed by atoms with E-state index >= 15 is 0 Å². The average Bonchev–Trinajstić information content (AvgIpc) is 2.66. The second kappa shape index (κ2) is 10.9. The highest BCUT2D eigenvalue weighted by molar-refractivity contribution is 7.98. The molecule has 0 unspecified atom stereocenters. The third kappa shape index (κ3) is 7.07. The number of aromatic nitrogens is 1. The van der Waals surface area contributed by atoms with Gasteiger partial charge in [-0.3, -0.25) is 4.79 Å². The van der Waals surface area contributed by atoms with E-state index in [4.69, 9.17) is 21.5 Å². The number of piperazine rings is 1. The first-order valence-electron chi connectivity index (χ1n) is 9.21. The molecule has 30 heavy (non-hydrogen) atoms. The molecule has 0 amide bonds. The zero-order chi connectivity index (χ0) is 22.3. The van der Waals surface area contributed by atoms with E-state index in [0.29, 0.717) is 23.1 Å². The number of pyridine rings is 1. The van der Waals surface area contributed by atoms with E-state index in [2.05, 4.69) is 10.3 Å². The molecule has 1 aromatic heterocycles. The number of anilines is 1. The van der Waals surface area contributed by atoms with E-state index in [9.17, 15) is 13.2 Å². The zero-order valence-electron chi connectivity index (χ0n) is 16.5. The van der Waals surface area contributed by atoms with Gasteiger partial charge in [-0.25, -0.2) is 4.98 Å². The lowest BCUT2D eigenvalue weighted by Crippen LogP contribution is -2.50. The van der Waals surface area contributed by atoms with Crippen molar-refractivity contribution in [3.8, 4) is 0 Å². The standard InChI is InChI=1S/C18H19ClF3N3S.C2H4O2/c1-12-10-23-8-9-25(12)16-7-6-14(18(20,21)22)17(24-16)26-11-13-4-2-3-5-15(13)19;1-2(3)4/h2-7,12,23H,8-11H2,1H3;1H3,(H,3,4)/t12-;/m1./s1. The lowest BCUT2D eigenvalue weighted by molar-refractivity contribution is -0.140. The van der Waals surface area contributed by atoms with Crippen LogP contribution in [0.4, 0.5) is 19.0 Å². The van der Waals surface area contributed by atoms with E-state index in [-0.39, 0.29) is 11.1 Å². The van der Waals surface area contributed by atoms with Gasteiger partial charge in [0.15, 0.2) is 0 Å². The number of alkyl halides is 3. The summed E-state index contributed by atoms with van der Waals surface area (Å²) < 4.78 is 40.2. The summed E-state index contributed by atoms with van der Waals surface area (Å²) in [7, 11) is 0. The van der Waals surface area contributed by atoms with Gasteiger partial charge in [0.2, 0.25) is 0 Å². The molecule has 2 aromatic rings. The Morgan fingerprint density at radius 2 is 2.00 bits per heavy atom. The third-order valence-corrected chi connectivity index (χ3v) is 5.68. The van der Waals surface area contributed by atoms with Gasteiger partial charge in [-0.15, -0.1) is 11.8 Å². The maximum Gasteiger partial charge on any atom is 0.419 e. The van der Waals surface area contributed by atoms with Crippen molar-refractivity contribution < 1.29 is 23.1 Å². The fraction of sp³-hybridized carbons (Fsp3) is 0.400. The SMILES string of the molecule is CC(=O)O.C[C@@H]1CNCCN1c1ccc(C(F)(F)F)c(SCc2ccccc2Cl)n1. The van der Waals surface area contributed by atoms with Gasteiger partial charge in [0.1, 0.15) is 10.8 Å². The van der Waals surface area contributed by atoms with Crippen LogP contribution in [0.5, 0.6) is 0 Å². The van der Waals surface area contributed by atoms with E-state index in [1.807, 2.05) is 24.0 Å². The molecule has 1 aliphatic heterocycles. The van der Waals surface area contributed by atoms with E-state index in [1.54, 1.807) is 12.1 Å². The fourth-order valence-electron chi connectivity index (χ4n) is 2.86. The molecule has 2 heterocycles. The lowest BCUT2D eigenvalue weighted by Gasteiger charge is -2.35. The maximum absolute atomic E-state index is 13.4. The minimum Gasteiger partial charge on any atom is -0.481 e. The molecule has 1 saturated heterocycles. The minimum absolute atomic E-state index is 0.0133. The third-order valence-electron chi connectivity index (χ3n) is 4.27. The largest absolute Gasteiger partial charge is 0.481 e. The summed E-state index contributed by atoms with van der Waals surface area (Å²) >= 11 is 7.18. The highest BCUT2D eigenvalue weighted by Gasteiger charge is 2.35. The Hall–Kier alpha value is -1.97. The second-order valence-electron chi connectivity index (χ2n) is 6.67. The van der Waals surface area contributed by atoms with Crippen molar-refractivity contribution >= 4 is 35.1 Å². The minimum atomic E-state index is -4.44. The molecule has 3 rings (SSSR count). The molecule has 1 aromatic carbocycles. The van der Waals surface area contributed by atoms with Crippen LogP contribution >= 0.6 is 23.4 Å². The number of halogens is 4. The molecular weight excluding hydrogens is 439 g/mol. The van der Waals surface area contributed by atoms with Crippen molar-refractivity contribution in [1.29, 1.82) is 0 Å². The van der Waals surface area contributed by atoms with Crippen LogP contribution in [0.15, 0.2) is 41.4 Å². The van der Waals surface area contributed by atoms with Gasteiger partial charge >= 0.3 is 6.18 Å². The molecule has 164 valence electrons. The Balaban J connectivity index is 0.000000735. The van der Waals surface area contributed by atoms with Crippen molar-refractivity contribution in [2.75, 3.05) is 24.5 Å². The molecule has 0 aliphatic carbocycles. The molecule has 0 bridgehead atoms. The van der Waals surface area contributed by atoms with Gasteiger partial charge in [0.05, 0.1) is 5.56 Å². The summed E-state index contributed by atoms with van der Waals surface area (Å²) in [6.45, 7) is 5.40. The summed E-state index contributed by atoms with van der Waals surface area (Å²) in [5.41, 5.74) is 0.0797. The number of aliphatic carboxylic acids is 1. The van der Waals surface area contributed by atoms with Crippen molar-refractivity contribution in [3.63, 3.8) is 0 Å². The fourth-order valence-corrected chi connectivity index (χ4v) is 4.18.